The van der Waals surface area contributed by atoms with Crippen LogP contribution in [0.15, 0.2) is 48.5 Å². The molecular weight excluding hydrogens is 450 g/mol. The summed E-state index contributed by atoms with van der Waals surface area (Å²) in [6.45, 7) is 6.80. The molecule has 1 amide bonds. The molecule has 1 fully saturated rings. The number of hydrogen-bond donors (Lipinski definition) is 1. The van der Waals surface area contributed by atoms with E-state index in [-0.39, 0.29) is 6.09 Å². The number of rotatable bonds is 8. The standard InChI is InChI=1S/C28H38ClNO4/c1-27(2,3)34-26(31)30-19-11-9-17-25(30)28(32,18-10-12-20-33-4)23-15-7-5-13-21(23)22-14-6-8-16-24(22)29/h5-8,13-16,25,32H,9-12,17-20H2,1-4H3/t25-,28+/m1/s1. The van der Waals surface area contributed by atoms with Crippen molar-refractivity contribution in [3.63, 3.8) is 0 Å². The SMILES string of the molecule is COCCCC[C@](O)(c1ccccc1-c1ccccc1Cl)[C@H]1CCCCN1C(=O)OC(C)(C)C. The van der Waals surface area contributed by atoms with E-state index in [9.17, 15) is 9.90 Å². The number of carbonyl (C=O) groups is 1. The second kappa shape index (κ2) is 11.6. The lowest BCUT2D eigenvalue weighted by molar-refractivity contribution is -0.0790. The van der Waals surface area contributed by atoms with Crippen LogP contribution in [0.5, 0.6) is 0 Å². The average Bonchev–Trinajstić information content (AvgIpc) is 2.81. The number of piperidine rings is 1. The third-order valence-electron chi connectivity index (χ3n) is 6.40. The van der Waals surface area contributed by atoms with E-state index in [1.807, 2.05) is 69.3 Å². The molecule has 0 bridgehead atoms. The van der Waals surface area contributed by atoms with Crippen molar-refractivity contribution in [2.24, 2.45) is 0 Å². The highest BCUT2D eigenvalue weighted by Gasteiger charge is 2.46. The van der Waals surface area contributed by atoms with Crippen LogP contribution in [-0.2, 0) is 15.1 Å². The maximum absolute atomic E-state index is 13.2. The zero-order valence-corrected chi connectivity index (χ0v) is 21.6. The second-order valence-corrected chi connectivity index (χ2v) is 10.5. The summed E-state index contributed by atoms with van der Waals surface area (Å²) >= 11 is 6.58. The Hall–Kier alpha value is -2.08. The van der Waals surface area contributed by atoms with Gasteiger partial charge in [0.1, 0.15) is 11.2 Å². The van der Waals surface area contributed by atoms with Crippen LogP contribution in [-0.4, -0.2) is 48.0 Å². The van der Waals surface area contributed by atoms with Crippen molar-refractivity contribution < 1.29 is 19.4 Å². The molecule has 2 aromatic carbocycles. The summed E-state index contributed by atoms with van der Waals surface area (Å²) in [6, 6.07) is 15.1. The first-order valence-corrected chi connectivity index (χ1v) is 12.6. The molecule has 186 valence electrons. The molecule has 3 rings (SSSR count). The first-order chi connectivity index (χ1) is 16.2. The lowest BCUT2D eigenvalue weighted by Gasteiger charge is -2.46. The molecule has 0 aliphatic carbocycles. The van der Waals surface area contributed by atoms with E-state index in [4.69, 9.17) is 21.1 Å². The molecule has 1 aliphatic rings. The van der Waals surface area contributed by atoms with Gasteiger partial charge in [0.05, 0.1) is 6.04 Å². The molecule has 1 saturated heterocycles. The number of unbranched alkanes of at least 4 members (excludes halogenated alkanes) is 1. The summed E-state index contributed by atoms with van der Waals surface area (Å²) in [5.74, 6) is 0. The van der Waals surface area contributed by atoms with E-state index in [1.165, 1.54) is 0 Å². The number of ether oxygens (including phenoxy) is 2. The maximum atomic E-state index is 13.2. The Morgan fingerprint density at radius 2 is 1.74 bits per heavy atom. The first kappa shape index (κ1) is 26.5. The molecule has 1 N–H and O–H groups in total. The minimum Gasteiger partial charge on any atom is -0.444 e. The topological polar surface area (TPSA) is 59.0 Å². The van der Waals surface area contributed by atoms with Crippen molar-refractivity contribution in [3.05, 3.63) is 59.1 Å². The second-order valence-electron chi connectivity index (χ2n) is 10.1. The van der Waals surface area contributed by atoms with Crippen LogP contribution in [0.2, 0.25) is 5.02 Å². The Balaban J connectivity index is 2.08. The molecule has 1 heterocycles. The van der Waals surface area contributed by atoms with Gasteiger partial charge in [-0.05, 0) is 76.5 Å². The van der Waals surface area contributed by atoms with E-state index in [0.717, 1.165) is 42.4 Å². The summed E-state index contributed by atoms with van der Waals surface area (Å²) in [5, 5.41) is 13.2. The van der Waals surface area contributed by atoms with Crippen LogP contribution in [0.25, 0.3) is 11.1 Å². The Morgan fingerprint density at radius 1 is 1.06 bits per heavy atom. The number of nitrogens with zero attached hydrogens (tertiary/aromatic N) is 1. The number of amides is 1. The van der Waals surface area contributed by atoms with E-state index < -0.39 is 17.2 Å². The third-order valence-corrected chi connectivity index (χ3v) is 6.73. The number of hydrogen-bond acceptors (Lipinski definition) is 4. The molecule has 34 heavy (non-hydrogen) atoms. The highest BCUT2D eigenvalue weighted by atomic mass is 35.5. The minimum atomic E-state index is -1.26. The van der Waals surface area contributed by atoms with Crippen molar-refractivity contribution in [1.82, 2.24) is 4.90 Å². The van der Waals surface area contributed by atoms with Gasteiger partial charge in [-0.15, -0.1) is 0 Å². The van der Waals surface area contributed by atoms with Gasteiger partial charge in [-0.1, -0.05) is 54.1 Å². The van der Waals surface area contributed by atoms with Crippen LogP contribution >= 0.6 is 11.6 Å². The quantitative estimate of drug-likeness (QED) is 0.416. The zero-order chi connectivity index (χ0) is 24.8. The fourth-order valence-corrected chi connectivity index (χ4v) is 5.10. The Kier molecular flexibility index (Phi) is 9.02. The summed E-state index contributed by atoms with van der Waals surface area (Å²) in [5.41, 5.74) is 0.680. The number of halogens is 1. The highest BCUT2D eigenvalue weighted by Crippen LogP contribution is 2.44. The molecule has 0 unspecified atom stereocenters. The van der Waals surface area contributed by atoms with E-state index >= 15 is 0 Å². The van der Waals surface area contributed by atoms with Gasteiger partial charge in [0.15, 0.2) is 0 Å². The number of likely N-dealkylation sites (tertiary alicyclic amines) is 1. The van der Waals surface area contributed by atoms with Gasteiger partial charge in [0.2, 0.25) is 0 Å². The van der Waals surface area contributed by atoms with E-state index in [1.54, 1.807) is 12.0 Å². The average molecular weight is 488 g/mol. The molecule has 0 spiro atoms. The molecule has 6 heteroatoms. The molecular formula is C28H38ClNO4. The fraction of sp³-hybridized carbons (Fsp3) is 0.536. The molecule has 0 radical (unpaired) electrons. The molecule has 5 nitrogen and oxygen atoms in total. The third kappa shape index (κ3) is 6.32. The van der Waals surface area contributed by atoms with Crippen molar-refractivity contribution in [2.45, 2.75) is 76.5 Å². The summed E-state index contributed by atoms with van der Waals surface area (Å²) in [6.07, 6.45) is 4.26. The van der Waals surface area contributed by atoms with Crippen molar-refractivity contribution in [3.8, 4) is 11.1 Å². The largest absolute Gasteiger partial charge is 0.444 e. The van der Waals surface area contributed by atoms with Gasteiger partial charge in [-0.25, -0.2) is 4.79 Å². The summed E-state index contributed by atoms with van der Waals surface area (Å²) in [4.78, 5) is 15.0. The van der Waals surface area contributed by atoms with Crippen LogP contribution in [0.4, 0.5) is 4.79 Å². The van der Waals surface area contributed by atoms with Gasteiger partial charge >= 0.3 is 6.09 Å². The number of aliphatic hydroxyl groups is 1. The summed E-state index contributed by atoms with van der Waals surface area (Å²) < 4.78 is 11.0. The van der Waals surface area contributed by atoms with Gasteiger partial charge in [0.25, 0.3) is 0 Å². The summed E-state index contributed by atoms with van der Waals surface area (Å²) in [7, 11) is 1.68. The predicted molar refractivity (Wildman–Crippen MR) is 137 cm³/mol. The van der Waals surface area contributed by atoms with Crippen LogP contribution < -0.4 is 0 Å². The van der Waals surface area contributed by atoms with Crippen molar-refractivity contribution in [1.29, 1.82) is 0 Å². The zero-order valence-electron chi connectivity index (χ0n) is 20.9. The van der Waals surface area contributed by atoms with Gasteiger partial charge < -0.3 is 19.5 Å². The smallest absolute Gasteiger partial charge is 0.410 e. The van der Waals surface area contributed by atoms with Crippen LogP contribution in [0.1, 0.15) is 64.9 Å². The monoisotopic (exact) mass is 487 g/mol. The van der Waals surface area contributed by atoms with E-state index in [0.29, 0.717) is 31.0 Å². The Bertz CT molecular complexity index is 957. The molecule has 2 aromatic rings. The Morgan fingerprint density at radius 3 is 2.41 bits per heavy atom. The lowest BCUT2D eigenvalue weighted by Crippen LogP contribution is -2.56. The highest BCUT2D eigenvalue weighted by molar-refractivity contribution is 6.33. The van der Waals surface area contributed by atoms with Gasteiger partial charge in [-0.3, -0.25) is 0 Å². The van der Waals surface area contributed by atoms with Crippen molar-refractivity contribution >= 4 is 17.7 Å². The Labute approximate surface area is 209 Å². The van der Waals surface area contributed by atoms with Crippen LogP contribution in [0, 0.1) is 0 Å². The fourth-order valence-electron chi connectivity index (χ4n) is 4.86. The van der Waals surface area contributed by atoms with Crippen LogP contribution in [0.3, 0.4) is 0 Å². The van der Waals surface area contributed by atoms with Gasteiger partial charge in [0, 0.05) is 30.8 Å². The molecule has 0 saturated carbocycles. The normalized spacial score (nSPS) is 18.4. The maximum Gasteiger partial charge on any atom is 0.410 e. The number of benzene rings is 2. The molecule has 0 aromatic heterocycles. The van der Waals surface area contributed by atoms with E-state index in [2.05, 4.69) is 0 Å². The van der Waals surface area contributed by atoms with Crippen molar-refractivity contribution in [2.75, 3.05) is 20.3 Å². The molecule has 1 aliphatic heterocycles. The lowest BCUT2D eigenvalue weighted by atomic mass is 9.75. The predicted octanol–water partition coefficient (Wildman–Crippen LogP) is 6.80. The first-order valence-electron chi connectivity index (χ1n) is 12.2. The number of methoxy groups -OCH3 is 1. The molecule has 2 atom stereocenters. The number of carbonyl (C=O) groups excluding carboxylic acids is 1. The van der Waals surface area contributed by atoms with Gasteiger partial charge in [-0.2, -0.15) is 0 Å². The minimum absolute atomic E-state index is 0.372.